The molecule has 0 aliphatic heterocycles. The van der Waals surface area contributed by atoms with E-state index < -0.39 is 17.3 Å². The lowest BCUT2D eigenvalue weighted by Crippen LogP contribution is -2.36. The fourth-order valence-electron chi connectivity index (χ4n) is 2.30. The van der Waals surface area contributed by atoms with Crippen molar-refractivity contribution in [1.82, 2.24) is 5.32 Å². The molecule has 1 fully saturated rings. The molecule has 6 nitrogen and oxygen atoms in total. The summed E-state index contributed by atoms with van der Waals surface area (Å²) in [6, 6.07) is 7.68. The Balaban J connectivity index is 1.78. The average molecular weight is 321 g/mol. The molecule has 1 aliphatic carbocycles. The number of nitrogens with one attached hydrogen (secondary N) is 1. The first-order valence-electron chi connectivity index (χ1n) is 7.83. The minimum Gasteiger partial charge on any atom is -0.480 e. The fourth-order valence-corrected chi connectivity index (χ4v) is 2.30. The zero-order valence-corrected chi connectivity index (χ0v) is 13.3. The number of ether oxygens (including phenoxy) is 2. The van der Waals surface area contributed by atoms with Crippen molar-refractivity contribution >= 4 is 11.9 Å². The molecule has 0 unspecified atom stereocenters. The maximum atomic E-state index is 12.0. The summed E-state index contributed by atoms with van der Waals surface area (Å²) in [5.74, 6) is -1.44. The molecule has 0 radical (unpaired) electrons. The van der Waals surface area contributed by atoms with Crippen LogP contribution in [-0.4, -0.2) is 36.8 Å². The van der Waals surface area contributed by atoms with Crippen LogP contribution in [0, 0.1) is 5.41 Å². The van der Waals surface area contributed by atoms with Crippen molar-refractivity contribution in [2.75, 3.05) is 19.8 Å². The first-order chi connectivity index (χ1) is 11.1. The molecular formula is C17H23NO5. The Kier molecular flexibility index (Phi) is 6.12. The SMILES string of the molecule is CCOCCOCc1cccc(CNC(=O)C2(C(=O)O)CC2)c1. The van der Waals surface area contributed by atoms with Crippen molar-refractivity contribution in [1.29, 1.82) is 0 Å². The number of carbonyl (C=O) groups excluding carboxylic acids is 1. The lowest BCUT2D eigenvalue weighted by atomic mass is 10.1. The van der Waals surface area contributed by atoms with Crippen LogP contribution in [0.15, 0.2) is 24.3 Å². The van der Waals surface area contributed by atoms with Crippen LogP contribution < -0.4 is 5.32 Å². The number of hydrogen-bond donors (Lipinski definition) is 2. The number of hydrogen-bond acceptors (Lipinski definition) is 4. The summed E-state index contributed by atoms with van der Waals surface area (Å²) in [5.41, 5.74) is 0.734. The van der Waals surface area contributed by atoms with Gasteiger partial charge < -0.3 is 19.9 Å². The van der Waals surface area contributed by atoms with E-state index in [0.717, 1.165) is 11.1 Å². The number of carboxylic acids is 1. The minimum absolute atomic E-state index is 0.320. The van der Waals surface area contributed by atoms with Gasteiger partial charge in [0.1, 0.15) is 5.41 Å². The van der Waals surface area contributed by atoms with Crippen molar-refractivity contribution < 1.29 is 24.2 Å². The van der Waals surface area contributed by atoms with E-state index in [1.165, 1.54) is 0 Å². The maximum absolute atomic E-state index is 12.0. The molecular weight excluding hydrogens is 298 g/mol. The first kappa shape index (κ1) is 17.4. The second-order valence-corrected chi connectivity index (χ2v) is 5.64. The van der Waals surface area contributed by atoms with Gasteiger partial charge in [-0.05, 0) is 30.9 Å². The van der Waals surface area contributed by atoms with Crippen molar-refractivity contribution in [3.05, 3.63) is 35.4 Å². The molecule has 0 bridgehead atoms. The number of carbonyl (C=O) groups is 2. The number of benzene rings is 1. The number of carboxylic acid groups (broad SMARTS) is 1. The Hall–Kier alpha value is -1.92. The lowest BCUT2D eigenvalue weighted by molar-refractivity contribution is -0.149. The van der Waals surface area contributed by atoms with Crippen molar-refractivity contribution in [3.8, 4) is 0 Å². The quantitative estimate of drug-likeness (QED) is 0.506. The highest BCUT2D eigenvalue weighted by atomic mass is 16.5. The van der Waals surface area contributed by atoms with Crippen LogP contribution in [0.2, 0.25) is 0 Å². The Morgan fingerprint density at radius 1 is 1.22 bits per heavy atom. The van der Waals surface area contributed by atoms with Crippen molar-refractivity contribution in [2.24, 2.45) is 5.41 Å². The summed E-state index contributed by atoms with van der Waals surface area (Å²) in [7, 11) is 0. The van der Waals surface area contributed by atoms with Crippen LogP contribution >= 0.6 is 0 Å². The molecule has 23 heavy (non-hydrogen) atoms. The Morgan fingerprint density at radius 2 is 1.91 bits per heavy atom. The van der Waals surface area contributed by atoms with Crippen LogP contribution in [0.1, 0.15) is 30.9 Å². The van der Waals surface area contributed by atoms with E-state index in [2.05, 4.69) is 5.32 Å². The van der Waals surface area contributed by atoms with Gasteiger partial charge in [-0.25, -0.2) is 0 Å². The second-order valence-electron chi connectivity index (χ2n) is 5.64. The molecule has 1 aliphatic rings. The third-order valence-corrected chi connectivity index (χ3v) is 3.88. The Bertz CT molecular complexity index is 554. The van der Waals surface area contributed by atoms with E-state index in [1.54, 1.807) is 0 Å². The van der Waals surface area contributed by atoms with E-state index in [1.807, 2.05) is 31.2 Å². The molecule has 2 N–H and O–H groups in total. The average Bonchev–Trinajstić information content (AvgIpc) is 3.35. The number of amides is 1. The summed E-state index contributed by atoms with van der Waals surface area (Å²) in [5, 5.41) is 11.8. The van der Waals surface area contributed by atoms with Gasteiger partial charge in [-0.15, -0.1) is 0 Å². The highest BCUT2D eigenvalue weighted by Gasteiger charge is 2.56. The van der Waals surface area contributed by atoms with E-state index in [9.17, 15) is 9.59 Å². The normalized spacial score (nSPS) is 15.2. The molecule has 2 rings (SSSR count). The Morgan fingerprint density at radius 3 is 2.57 bits per heavy atom. The van der Waals surface area contributed by atoms with Gasteiger partial charge in [0.15, 0.2) is 0 Å². The molecule has 0 spiro atoms. The number of rotatable bonds is 10. The van der Waals surface area contributed by atoms with Gasteiger partial charge in [0.2, 0.25) is 5.91 Å². The fraction of sp³-hybridized carbons (Fsp3) is 0.529. The molecule has 1 aromatic rings. The predicted molar refractivity (Wildman–Crippen MR) is 83.7 cm³/mol. The van der Waals surface area contributed by atoms with Gasteiger partial charge in [-0.3, -0.25) is 9.59 Å². The molecule has 6 heteroatoms. The molecule has 1 amide bonds. The standard InChI is InChI=1S/C17H23NO5/c1-2-22-8-9-23-12-14-5-3-4-13(10-14)11-18-15(19)17(6-7-17)16(20)21/h3-5,10H,2,6-9,11-12H2,1H3,(H,18,19)(H,20,21). The van der Waals surface area contributed by atoms with Crippen LogP contribution in [0.3, 0.4) is 0 Å². The molecule has 0 saturated heterocycles. The molecule has 1 aromatic carbocycles. The zero-order valence-electron chi connectivity index (χ0n) is 13.3. The minimum atomic E-state index is -1.19. The van der Waals surface area contributed by atoms with E-state index in [4.69, 9.17) is 14.6 Å². The monoisotopic (exact) mass is 321 g/mol. The second kappa shape index (κ2) is 8.08. The Labute approximate surface area is 135 Å². The zero-order chi connectivity index (χ0) is 16.7. The third kappa shape index (κ3) is 4.77. The summed E-state index contributed by atoms with van der Waals surface area (Å²) < 4.78 is 10.7. The summed E-state index contributed by atoms with van der Waals surface area (Å²) >= 11 is 0. The molecule has 0 heterocycles. The van der Waals surface area contributed by atoms with Crippen molar-refractivity contribution in [2.45, 2.75) is 32.9 Å². The molecule has 1 saturated carbocycles. The lowest BCUT2D eigenvalue weighted by Gasteiger charge is -2.11. The van der Waals surface area contributed by atoms with Crippen LogP contribution in [0.25, 0.3) is 0 Å². The van der Waals surface area contributed by atoms with E-state index >= 15 is 0 Å². The summed E-state index contributed by atoms with van der Waals surface area (Å²) in [4.78, 5) is 23.1. The van der Waals surface area contributed by atoms with Crippen LogP contribution in [0.4, 0.5) is 0 Å². The van der Waals surface area contributed by atoms with Gasteiger partial charge >= 0.3 is 5.97 Å². The smallest absolute Gasteiger partial charge is 0.319 e. The molecule has 0 atom stereocenters. The molecule has 126 valence electrons. The van der Waals surface area contributed by atoms with Crippen LogP contribution in [-0.2, 0) is 32.2 Å². The first-order valence-corrected chi connectivity index (χ1v) is 7.83. The van der Waals surface area contributed by atoms with Gasteiger partial charge in [-0.1, -0.05) is 24.3 Å². The highest BCUT2D eigenvalue weighted by molar-refractivity contribution is 6.04. The summed E-state index contributed by atoms with van der Waals surface area (Å²) in [6.07, 6.45) is 0.837. The van der Waals surface area contributed by atoms with E-state index in [0.29, 0.717) is 45.8 Å². The van der Waals surface area contributed by atoms with Gasteiger partial charge in [-0.2, -0.15) is 0 Å². The highest BCUT2D eigenvalue weighted by Crippen LogP contribution is 2.46. The van der Waals surface area contributed by atoms with E-state index in [-0.39, 0.29) is 0 Å². The predicted octanol–water partition coefficient (Wildman–Crippen LogP) is 1.72. The third-order valence-electron chi connectivity index (χ3n) is 3.88. The van der Waals surface area contributed by atoms with Crippen LogP contribution in [0.5, 0.6) is 0 Å². The van der Waals surface area contributed by atoms with Gasteiger partial charge in [0.05, 0.1) is 19.8 Å². The summed E-state index contributed by atoms with van der Waals surface area (Å²) in [6.45, 7) is 4.53. The largest absolute Gasteiger partial charge is 0.480 e. The number of aliphatic carboxylic acids is 1. The topological polar surface area (TPSA) is 84.9 Å². The van der Waals surface area contributed by atoms with Crippen molar-refractivity contribution in [3.63, 3.8) is 0 Å². The molecule has 0 aromatic heterocycles. The van der Waals surface area contributed by atoms with Gasteiger partial charge in [0, 0.05) is 13.2 Å². The van der Waals surface area contributed by atoms with Gasteiger partial charge in [0.25, 0.3) is 0 Å². The maximum Gasteiger partial charge on any atom is 0.319 e.